The van der Waals surface area contributed by atoms with Crippen LogP contribution in [0.5, 0.6) is 0 Å². The van der Waals surface area contributed by atoms with Gasteiger partial charge in [-0.15, -0.1) is 0 Å². The zero-order valence-corrected chi connectivity index (χ0v) is 18.0. The quantitative estimate of drug-likeness (QED) is 0.548. The van der Waals surface area contributed by atoms with Crippen LogP contribution in [-0.2, 0) is 4.74 Å². The van der Waals surface area contributed by atoms with Crippen LogP contribution < -0.4 is 4.90 Å². The van der Waals surface area contributed by atoms with E-state index in [-0.39, 0.29) is 11.7 Å². The number of ether oxygens (including phenoxy) is 1. The van der Waals surface area contributed by atoms with Crippen LogP contribution in [0, 0.1) is 5.82 Å². The summed E-state index contributed by atoms with van der Waals surface area (Å²) in [5, 5.41) is 9.41. The van der Waals surface area contributed by atoms with E-state index in [1.807, 2.05) is 42.5 Å². The molecule has 6 heteroatoms. The van der Waals surface area contributed by atoms with Gasteiger partial charge >= 0.3 is 136 Å². The first kappa shape index (κ1) is 21.4. The molecule has 0 saturated carbocycles. The third-order valence-electron chi connectivity index (χ3n) is 4.83. The molecule has 2 aromatic carbocycles. The number of hydrogen-bond acceptors (Lipinski definition) is 2. The summed E-state index contributed by atoms with van der Waals surface area (Å²) in [6.07, 6.45) is 1.91. The van der Waals surface area contributed by atoms with Crippen LogP contribution in [0.25, 0.3) is 11.1 Å². The van der Waals surface area contributed by atoms with E-state index in [4.69, 9.17) is 4.74 Å². The fourth-order valence-electron chi connectivity index (χ4n) is 3.15. The van der Waals surface area contributed by atoms with Crippen molar-refractivity contribution >= 4 is 32.2 Å². The van der Waals surface area contributed by atoms with E-state index in [2.05, 4.69) is 33.9 Å². The standard InChI is InChI=1S/C18H11FN2Se.C5H11NO/c19-14-8-4-7-13(9-14)15-10-17(12-5-2-1-3-6-12)21-18(22)16(15)11-20;1-6-2-4-7-5-3-6/h1-10,15H;2-5H2,1H3/q-1;/p+1. The predicted octanol–water partition coefficient (Wildman–Crippen LogP) is 2.23. The molecule has 1 radical (unpaired) electrons. The maximum absolute atomic E-state index is 13.5. The van der Waals surface area contributed by atoms with E-state index >= 15 is 0 Å². The fraction of sp³-hybridized carbons (Fsp3) is 0.261. The van der Waals surface area contributed by atoms with E-state index in [0.29, 0.717) is 10.2 Å². The number of morpholine rings is 1. The van der Waals surface area contributed by atoms with Crippen LogP contribution in [0.3, 0.4) is 0 Å². The Bertz CT molecular complexity index is 946. The average Bonchev–Trinajstić information content (AvgIpc) is 2.75. The normalized spacial score (nSPS) is 19.4. The molecule has 2 heterocycles. The second-order valence-corrected chi connectivity index (χ2v) is 7.77. The molecule has 4 rings (SSSR count). The van der Waals surface area contributed by atoms with Gasteiger partial charge in [-0.25, -0.2) is 0 Å². The van der Waals surface area contributed by atoms with Crippen LogP contribution in [-0.4, -0.2) is 59.8 Å². The Morgan fingerprint density at radius 2 is 1.86 bits per heavy atom. The summed E-state index contributed by atoms with van der Waals surface area (Å²) in [5.41, 5.74) is 2.99. The van der Waals surface area contributed by atoms with Crippen molar-refractivity contribution in [3.05, 3.63) is 88.6 Å². The molecule has 0 amide bonds. The minimum absolute atomic E-state index is 0.301. The van der Waals surface area contributed by atoms with Gasteiger partial charge in [0.05, 0.1) is 20.3 Å². The number of allylic oxidation sites excluding steroid dienone is 2. The molecule has 0 aliphatic carbocycles. The second-order valence-electron chi connectivity index (χ2n) is 6.96. The van der Waals surface area contributed by atoms with Crippen molar-refractivity contribution in [2.24, 2.45) is 4.99 Å². The Balaban J connectivity index is 0.000000290. The van der Waals surface area contributed by atoms with Gasteiger partial charge in [-0.1, -0.05) is 0 Å². The number of rotatable bonds is 2. The monoisotopic (exact) mass is 456 g/mol. The molecule has 2 aliphatic rings. The molecule has 2 aliphatic heterocycles. The van der Waals surface area contributed by atoms with Crippen LogP contribution in [0.4, 0.5) is 4.39 Å². The first-order chi connectivity index (χ1) is 14.1. The minimum atomic E-state index is -0.311. The zero-order chi connectivity index (χ0) is 20.6. The molecule has 1 atom stereocenters. The SMILES string of the molecule is C[NH+]1CCOCC1.[N-]=C=C1C([Se])=NC(c2ccccc2)=CC1c1cccc(F)c1. The molecule has 1 unspecified atom stereocenters. The Morgan fingerprint density at radius 1 is 1.14 bits per heavy atom. The molecular weight excluding hydrogens is 432 g/mol. The van der Waals surface area contributed by atoms with Crippen LogP contribution in [0.2, 0.25) is 0 Å². The van der Waals surface area contributed by atoms with Crippen LogP contribution >= 0.6 is 0 Å². The van der Waals surface area contributed by atoms with Crippen molar-refractivity contribution in [3.8, 4) is 0 Å². The van der Waals surface area contributed by atoms with Gasteiger partial charge in [-0.3, -0.25) is 0 Å². The predicted molar refractivity (Wildman–Crippen MR) is 116 cm³/mol. The topological polar surface area (TPSA) is 48.3 Å². The number of nitrogens with zero attached hydrogens (tertiary/aromatic N) is 2. The number of aliphatic imine (C=N–C) groups is 1. The fourth-order valence-corrected chi connectivity index (χ4v) is 3.72. The molecule has 149 valence electrons. The summed E-state index contributed by atoms with van der Waals surface area (Å²) in [6, 6.07) is 16.1. The van der Waals surface area contributed by atoms with Gasteiger partial charge < -0.3 is 9.64 Å². The summed E-state index contributed by atoms with van der Waals surface area (Å²) in [7, 11) is 2.20. The van der Waals surface area contributed by atoms with Gasteiger partial charge in [0.25, 0.3) is 0 Å². The molecule has 29 heavy (non-hydrogen) atoms. The van der Waals surface area contributed by atoms with E-state index in [9.17, 15) is 9.80 Å². The molecule has 1 N–H and O–H groups in total. The van der Waals surface area contributed by atoms with Gasteiger partial charge in [0.1, 0.15) is 13.1 Å². The number of hydrogen-bond donors (Lipinski definition) is 1. The molecule has 0 bridgehead atoms. The molecule has 0 spiro atoms. The van der Waals surface area contributed by atoms with E-state index in [1.54, 1.807) is 11.0 Å². The number of halogens is 1. The number of quaternary nitrogens is 1. The summed E-state index contributed by atoms with van der Waals surface area (Å²) < 4.78 is 19.2. The van der Waals surface area contributed by atoms with Crippen molar-refractivity contribution in [2.75, 3.05) is 33.4 Å². The molecule has 1 saturated heterocycles. The van der Waals surface area contributed by atoms with E-state index in [1.165, 1.54) is 25.2 Å². The van der Waals surface area contributed by atoms with Crippen molar-refractivity contribution < 1.29 is 14.0 Å². The van der Waals surface area contributed by atoms with E-state index in [0.717, 1.165) is 30.0 Å². The molecule has 2 aromatic rings. The van der Waals surface area contributed by atoms with Crippen molar-refractivity contribution in [1.29, 1.82) is 0 Å². The molecule has 4 nitrogen and oxygen atoms in total. The van der Waals surface area contributed by atoms with Crippen molar-refractivity contribution in [1.82, 2.24) is 0 Å². The Morgan fingerprint density at radius 3 is 2.45 bits per heavy atom. The maximum atomic E-state index is 13.5. The van der Waals surface area contributed by atoms with E-state index < -0.39 is 0 Å². The average molecular weight is 455 g/mol. The van der Waals surface area contributed by atoms with Crippen molar-refractivity contribution in [2.45, 2.75) is 5.92 Å². The van der Waals surface area contributed by atoms with Gasteiger partial charge in [-0.2, -0.15) is 0 Å². The van der Waals surface area contributed by atoms with Crippen LogP contribution in [0.1, 0.15) is 17.0 Å². The van der Waals surface area contributed by atoms with Crippen LogP contribution in [0.15, 0.2) is 71.2 Å². The second kappa shape index (κ2) is 10.4. The summed E-state index contributed by atoms with van der Waals surface area (Å²) in [5.74, 6) is 1.57. The molecule has 1 fully saturated rings. The van der Waals surface area contributed by atoms with Gasteiger partial charge in [0.2, 0.25) is 0 Å². The van der Waals surface area contributed by atoms with Gasteiger partial charge in [0, 0.05) is 0 Å². The Hall–Kier alpha value is -2.33. The summed E-state index contributed by atoms with van der Waals surface area (Å²) in [6.45, 7) is 4.26. The zero-order valence-electron chi connectivity index (χ0n) is 16.3. The Labute approximate surface area is 179 Å². The molecule has 0 aromatic heterocycles. The number of nitrogens with one attached hydrogen (secondary N) is 1. The number of likely N-dealkylation sites (N-methyl/N-ethyl adjacent to an activating group) is 1. The number of benzene rings is 2. The third kappa shape index (κ3) is 5.83. The first-order valence-corrected chi connectivity index (χ1v) is 10.4. The van der Waals surface area contributed by atoms with Gasteiger partial charge in [-0.05, 0) is 0 Å². The molecular formula is C23H23FN3OSe. The summed E-state index contributed by atoms with van der Waals surface area (Å²) in [4.78, 5) is 6.06. The third-order valence-corrected chi connectivity index (χ3v) is 5.49. The summed E-state index contributed by atoms with van der Waals surface area (Å²) >= 11 is 2.85. The van der Waals surface area contributed by atoms with Gasteiger partial charge in [0.15, 0.2) is 0 Å². The first-order valence-electron chi connectivity index (χ1n) is 9.53. The van der Waals surface area contributed by atoms with Crippen molar-refractivity contribution in [3.63, 3.8) is 0 Å². The Kier molecular flexibility index (Phi) is 7.70.